The van der Waals surface area contributed by atoms with E-state index in [0.29, 0.717) is 12.1 Å². The molecule has 2 aromatic rings. The summed E-state index contributed by atoms with van der Waals surface area (Å²) in [6.45, 7) is 2.67. The Morgan fingerprint density at radius 2 is 2.09 bits per heavy atom. The minimum absolute atomic E-state index is 0.0387. The second kappa shape index (κ2) is 7.79. The average molecular weight is 414 g/mol. The highest BCUT2D eigenvalue weighted by atomic mass is 79.9. The van der Waals surface area contributed by atoms with Gasteiger partial charge in [-0.25, -0.2) is 0 Å². The van der Waals surface area contributed by atoms with Crippen molar-refractivity contribution in [3.63, 3.8) is 0 Å². The van der Waals surface area contributed by atoms with Crippen molar-refractivity contribution in [3.8, 4) is 0 Å². The number of halogens is 2. The molecule has 122 valence electrons. The average Bonchev–Trinajstić information content (AvgIpc) is 3.21. The number of nitrogens with zero attached hydrogens (tertiary/aromatic N) is 1. The maximum Gasteiger partial charge on any atom is 0.252 e. The van der Waals surface area contributed by atoms with Crippen molar-refractivity contribution in [1.29, 1.82) is 0 Å². The van der Waals surface area contributed by atoms with Gasteiger partial charge < -0.3 is 5.32 Å². The highest BCUT2D eigenvalue weighted by Crippen LogP contribution is 2.30. The van der Waals surface area contributed by atoms with Crippen LogP contribution in [-0.2, 0) is 0 Å². The van der Waals surface area contributed by atoms with E-state index in [1.165, 1.54) is 24.2 Å². The van der Waals surface area contributed by atoms with Gasteiger partial charge in [0.15, 0.2) is 0 Å². The Morgan fingerprint density at radius 1 is 1.35 bits per heavy atom. The van der Waals surface area contributed by atoms with E-state index in [0.717, 1.165) is 27.5 Å². The fourth-order valence-corrected chi connectivity index (χ4v) is 4.35. The summed E-state index contributed by atoms with van der Waals surface area (Å²) in [5.74, 6) is -0.0387. The van der Waals surface area contributed by atoms with Gasteiger partial charge in [0, 0.05) is 16.9 Å². The lowest BCUT2D eigenvalue weighted by Gasteiger charge is -2.28. The van der Waals surface area contributed by atoms with Crippen LogP contribution in [0.4, 0.5) is 0 Å². The van der Waals surface area contributed by atoms with Gasteiger partial charge in [-0.1, -0.05) is 29.8 Å². The molecule has 3 rings (SSSR count). The van der Waals surface area contributed by atoms with E-state index >= 15 is 0 Å². The van der Waals surface area contributed by atoms with E-state index < -0.39 is 0 Å². The Kier molecular flexibility index (Phi) is 5.75. The molecule has 1 aliphatic heterocycles. The summed E-state index contributed by atoms with van der Waals surface area (Å²) in [6.07, 6.45) is 2.40. The molecule has 0 bridgehead atoms. The van der Waals surface area contributed by atoms with Gasteiger partial charge in [0.25, 0.3) is 5.91 Å². The lowest BCUT2D eigenvalue weighted by Crippen LogP contribution is -2.36. The zero-order valence-corrected chi connectivity index (χ0v) is 15.8. The van der Waals surface area contributed by atoms with Gasteiger partial charge >= 0.3 is 0 Å². The maximum atomic E-state index is 12.3. The first kappa shape index (κ1) is 17.0. The van der Waals surface area contributed by atoms with Crippen LogP contribution < -0.4 is 5.32 Å². The number of amides is 1. The van der Waals surface area contributed by atoms with Crippen molar-refractivity contribution in [3.05, 3.63) is 55.6 Å². The molecular weight excluding hydrogens is 396 g/mol. The normalized spacial score (nSPS) is 16.4. The van der Waals surface area contributed by atoms with Gasteiger partial charge in [-0.2, -0.15) is 0 Å². The molecule has 3 nitrogen and oxygen atoms in total. The van der Waals surface area contributed by atoms with Gasteiger partial charge in [0.05, 0.1) is 15.4 Å². The molecule has 1 aromatic carbocycles. The Bertz CT molecular complexity index is 685. The number of hydrogen-bond acceptors (Lipinski definition) is 3. The van der Waals surface area contributed by atoms with Crippen molar-refractivity contribution >= 4 is 44.8 Å². The third-order valence-electron chi connectivity index (χ3n) is 4.13. The second-order valence-electron chi connectivity index (χ2n) is 5.63. The van der Waals surface area contributed by atoms with Crippen molar-refractivity contribution in [1.82, 2.24) is 10.2 Å². The van der Waals surface area contributed by atoms with E-state index in [2.05, 4.69) is 32.2 Å². The SMILES string of the molecule is O=C(NCC(c1ccccc1Cl)N1CCCC1)c1csc(Br)c1. The molecule has 0 saturated carbocycles. The summed E-state index contributed by atoms with van der Waals surface area (Å²) >= 11 is 11.3. The van der Waals surface area contributed by atoms with Crippen LogP contribution in [0.3, 0.4) is 0 Å². The number of thiophene rings is 1. The Labute approximate surface area is 153 Å². The molecule has 1 saturated heterocycles. The van der Waals surface area contributed by atoms with Crippen molar-refractivity contribution in [2.75, 3.05) is 19.6 Å². The van der Waals surface area contributed by atoms with E-state index in [-0.39, 0.29) is 11.9 Å². The van der Waals surface area contributed by atoms with Crippen molar-refractivity contribution < 1.29 is 4.79 Å². The predicted octanol–water partition coefficient (Wildman–Crippen LogP) is 4.73. The van der Waals surface area contributed by atoms with E-state index in [1.54, 1.807) is 0 Å². The Hall–Kier alpha value is -0.880. The first-order valence-electron chi connectivity index (χ1n) is 7.66. The van der Waals surface area contributed by atoms with Crippen molar-refractivity contribution in [2.24, 2.45) is 0 Å². The smallest absolute Gasteiger partial charge is 0.252 e. The molecule has 0 radical (unpaired) electrons. The minimum Gasteiger partial charge on any atom is -0.350 e. The van der Waals surface area contributed by atoms with Crippen LogP contribution in [-0.4, -0.2) is 30.4 Å². The van der Waals surface area contributed by atoms with Crippen LogP contribution in [0.25, 0.3) is 0 Å². The molecule has 0 spiro atoms. The molecular formula is C17H18BrClN2OS. The third kappa shape index (κ3) is 4.15. The molecule has 1 atom stereocenters. The molecule has 1 aliphatic rings. The summed E-state index contributed by atoms with van der Waals surface area (Å²) in [6, 6.07) is 9.88. The van der Waals surface area contributed by atoms with E-state index in [9.17, 15) is 4.79 Å². The minimum atomic E-state index is -0.0387. The molecule has 0 aliphatic carbocycles. The lowest BCUT2D eigenvalue weighted by atomic mass is 10.1. The zero-order chi connectivity index (χ0) is 16.2. The maximum absolute atomic E-state index is 12.3. The number of hydrogen-bond donors (Lipinski definition) is 1. The van der Waals surface area contributed by atoms with Crippen LogP contribution in [0.1, 0.15) is 34.8 Å². The fourth-order valence-electron chi connectivity index (χ4n) is 2.95. The molecule has 1 amide bonds. The molecule has 1 N–H and O–H groups in total. The van der Waals surface area contributed by atoms with E-state index in [4.69, 9.17) is 11.6 Å². The summed E-state index contributed by atoms with van der Waals surface area (Å²) in [5, 5.41) is 5.68. The summed E-state index contributed by atoms with van der Waals surface area (Å²) in [5.41, 5.74) is 1.78. The zero-order valence-electron chi connectivity index (χ0n) is 12.6. The van der Waals surface area contributed by atoms with Crippen LogP contribution in [0.2, 0.25) is 5.02 Å². The van der Waals surface area contributed by atoms with Gasteiger partial charge in [0.2, 0.25) is 0 Å². The topological polar surface area (TPSA) is 32.3 Å². The number of benzene rings is 1. The van der Waals surface area contributed by atoms with Crippen LogP contribution in [0, 0.1) is 0 Å². The lowest BCUT2D eigenvalue weighted by molar-refractivity contribution is 0.0938. The molecule has 6 heteroatoms. The fraction of sp³-hybridized carbons (Fsp3) is 0.353. The Balaban J connectivity index is 1.74. The highest BCUT2D eigenvalue weighted by Gasteiger charge is 2.25. The highest BCUT2D eigenvalue weighted by molar-refractivity contribution is 9.11. The number of nitrogens with one attached hydrogen (secondary N) is 1. The third-order valence-corrected chi connectivity index (χ3v) is 5.98. The van der Waals surface area contributed by atoms with Gasteiger partial charge in [0.1, 0.15) is 0 Å². The molecule has 1 unspecified atom stereocenters. The first-order valence-corrected chi connectivity index (χ1v) is 9.71. The van der Waals surface area contributed by atoms with Gasteiger partial charge in [-0.05, 0) is 59.6 Å². The van der Waals surface area contributed by atoms with E-state index in [1.807, 2.05) is 29.6 Å². The van der Waals surface area contributed by atoms with Crippen molar-refractivity contribution in [2.45, 2.75) is 18.9 Å². The standard InChI is InChI=1S/C17H18BrClN2OS/c18-16-9-12(11-23-16)17(22)20-10-15(21-7-3-4-8-21)13-5-1-2-6-14(13)19/h1-2,5-6,9,11,15H,3-4,7-8,10H2,(H,20,22). The summed E-state index contributed by atoms with van der Waals surface area (Å²) < 4.78 is 0.963. The second-order valence-corrected chi connectivity index (χ2v) is 8.33. The summed E-state index contributed by atoms with van der Waals surface area (Å²) in [7, 11) is 0. The predicted molar refractivity (Wildman–Crippen MR) is 99.4 cm³/mol. The number of rotatable bonds is 5. The van der Waals surface area contributed by atoms with Crippen LogP contribution >= 0.6 is 38.9 Å². The van der Waals surface area contributed by atoms with Crippen LogP contribution in [0.15, 0.2) is 39.5 Å². The van der Waals surface area contributed by atoms with Crippen LogP contribution in [0.5, 0.6) is 0 Å². The largest absolute Gasteiger partial charge is 0.350 e. The molecule has 1 aromatic heterocycles. The number of likely N-dealkylation sites (tertiary alicyclic amines) is 1. The molecule has 23 heavy (non-hydrogen) atoms. The molecule has 1 fully saturated rings. The quantitative estimate of drug-likeness (QED) is 0.768. The molecule has 2 heterocycles. The number of carbonyl (C=O) groups is 1. The first-order chi connectivity index (χ1) is 11.1. The van der Waals surface area contributed by atoms with Gasteiger partial charge in [-0.3, -0.25) is 9.69 Å². The monoisotopic (exact) mass is 412 g/mol. The summed E-state index contributed by atoms with van der Waals surface area (Å²) in [4.78, 5) is 14.7. The Morgan fingerprint density at radius 3 is 2.74 bits per heavy atom. The number of carbonyl (C=O) groups excluding carboxylic acids is 1. The van der Waals surface area contributed by atoms with Gasteiger partial charge in [-0.15, -0.1) is 11.3 Å².